The van der Waals surface area contributed by atoms with E-state index in [9.17, 15) is 0 Å². The van der Waals surface area contributed by atoms with Gasteiger partial charge >= 0.3 is 0 Å². The van der Waals surface area contributed by atoms with Gasteiger partial charge in [-0.15, -0.1) is 0 Å². The number of likely N-dealkylation sites (N-methyl/N-ethyl adjacent to an activating group) is 1. The molecule has 0 saturated heterocycles. The Morgan fingerprint density at radius 2 is 1.89 bits per heavy atom. The van der Waals surface area contributed by atoms with Crippen LogP contribution in [0.25, 0.3) is 22.5 Å². The Hall–Kier alpha value is -3.12. The molecule has 2 heterocycles. The number of aryl methyl sites for hydroxylation is 1. The molecule has 1 N–H and O–H groups in total. The third-order valence-electron chi connectivity index (χ3n) is 4.91. The maximum absolute atomic E-state index is 9.16. The number of pyridine rings is 1. The first-order valence-electron chi connectivity index (χ1n) is 9.32. The molecule has 0 saturated carbocycles. The molecule has 2 aromatic heterocycles. The largest absolute Gasteiger partial charge is 0.464 e. The number of benzene rings is 1. The summed E-state index contributed by atoms with van der Waals surface area (Å²) in [4.78, 5) is 6.17. The van der Waals surface area contributed by atoms with Gasteiger partial charge in [0.15, 0.2) is 0 Å². The second-order valence-electron chi connectivity index (χ2n) is 7.11. The van der Waals surface area contributed by atoms with Crippen LogP contribution in [0.1, 0.15) is 17.5 Å². The van der Waals surface area contributed by atoms with E-state index in [0.717, 1.165) is 58.7 Å². The second kappa shape index (κ2) is 7.86. The number of aromatic nitrogens is 1. The van der Waals surface area contributed by atoms with Crippen LogP contribution < -0.4 is 4.74 Å². The standard InChI is InChI=1S/C22H23N3O3/c1-25(2)11-12-27-21-14-19(15-7-9-23-10-8-15)22(28-21)17-3-5-18-16(13-17)4-6-20(18)24-26/h3,5,7-10,13-14,26H,4,6,11-12H2,1-2H3/b24-20+. The van der Waals surface area contributed by atoms with Gasteiger partial charge in [-0.05, 0) is 56.3 Å². The molecule has 1 aromatic carbocycles. The molecule has 0 atom stereocenters. The zero-order chi connectivity index (χ0) is 19.5. The number of rotatable bonds is 6. The summed E-state index contributed by atoms with van der Waals surface area (Å²) < 4.78 is 11.9. The molecule has 0 amide bonds. The van der Waals surface area contributed by atoms with Crippen molar-refractivity contribution in [3.05, 3.63) is 59.9 Å². The summed E-state index contributed by atoms with van der Waals surface area (Å²) in [5, 5.41) is 12.6. The van der Waals surface area contributed by atoms with Gasteiger partial charge in [0.05, 0.1) is 5.71 Å². The predicted molar refractivity (Wildman–Crippen MR) is 108 cm³/mol. The van der Waals surface area contributed by atoms with Gasteiger partial charge in [0.2, 0.25) is 0 Å². The van der Waals surface area contributed by atoms with Gasteiger partial charge in [-0.3, -0.25) is 4.98 Å². The zero-order valence-electron chi connectivity index (χ0n) is 16.1. The highest BCUT2D eigenvalue weighted by Crippen LogP contribution is 2.39. The first-order valence-corrected chi connectivity index (χ1v) is 9.32. The number of nitrogens with zero attached hydrogens (tertiary/aromatic N) is 3. The number of hydrogen-bond donors (Lipinski definition) is 1. The molecule has 1 aliphatic rings. The first-order chi connectivity index (χ1) is 13.7. The second-order valence-corrected chi connectivity index (χ2v) is 7.11. The van der Waals surface area contributed by atoms with E-state index in [-0.39, 0.29) is 0 Å². The van der Waals surface area contributed by atoms with Gasteiger partial charge < -0.3 is 19.3 Å². The Bertz CT molecular complexity index is 994. The van der Waals surface area contributed by atoms with Crippen molar-refractivity contribution in [2.75, 3.05) is 27.2 Å². The van der Waals surface area contributed by atoms with Crippen molar-refractivity contribution >= 4 is 5.71 Å². The molecule has 3 aromatic rings. The summed E-state index contributed by atoms with van der Waals surface area (Å²) >= 11 is 0. The van der Waals surface area contributed by atoms with Gasteiger partial charge in [0.25, 0.3) is 5.95 Å². The Morgan fingerprint density at radius 1 is 1.07 bits per heavy atom. The fourth-order valence-electron chi connectivity index (χ4n) is 3.44. The normalized spacial score (nSPS) is 14.6. The Balaban J connectivity index is 1.72. The molecule has 0 aliphatic heterocycles. The van der Waals surface area contributed by atoms with Crippen molar-refractivity contribution in [2.24, 2.45) is 5.16 Å². The van der Waals surface area contributed by atoms with Crippen molar-refractivity contribution in [1.82, 2.24) is 9.88 Å². The quantitative estimate of drug-likeness (QED) is 0.518. The number of oxime groups is 1. The van der Waals surface area contributed by atoms with Crippen LogP contribution in [0.2, 0.25) is 0 Å². The third-order valence-corrected chi connectivity index (χ3v) is 4.91. The number of hydrogen-bond acceptors (Lipinski definition) is 6. The fourth-order valence-corrected chi connectivity index (χ4v) is 3.44. The maximum Gasteiger partial charge on any atom is 0.285 e. The number of ether oxygens (including phenoxy) is 1. The molecule has 28 heavy (non-hydrogen) atoms. The molecule has 1 aliphatic carbocycles. The monoisotopic (exact) mass is 377 g/mol. The van der Waals surface area contributed by atoms with Crippen molar-refractivity contribution in [2.45, 2.75) is 12.8 Å². The van der Waals surface area contributed by atoms with Crippen LogP contribution in [-0.2, 0) is 6.42 Å². The van der Waals surface area contributed by atoms with Crippen LogP contribution in [0.5, 0.6) is 5.95 Å². The minimum Gasteiger partial charge on any atom is -0.464 e. The van der Waals surface area contributed by atoms with Gasteiger partial charge in [0, 0.05) is 41.7 Å². The molecular weight excluding hydrogens is 354 g/mol. The lowest BCUT2D eigenvalue weighted by molar-refractivity contribution is 0.215. The highest BCUT2D eigenvalue weighted by atomic mass is 16.6. The van der Waals surface area contributed by atoms with E-state index in [1.54, 1.807) is 12.4 Å². The maximum atomic E-state index is 9.16. The van der Waals surface area contributed by atoms with Gasteiger partial charge in [-0.1, -0.05) is 17.3 Å². The minimum absolute atomic E-state index is 0.502. The Labute approximate surface area is 164 Å². The number of fused-ring (bicyclic) bond motifs is 1. The topological polar surface area (TPSA) is 71.1 Å². The molecule has 0 radical (unpaired) electrons. The van der Waals surface area contributed by atoms with E-state index in [1.807, 2.05) is 44.4 Å². The van der Waals surface area contributed by atoms with Crippen LogP contribution >= 0.6 is 0 Å². The molecule has 0 bridgehead atoms. The van der Waals surface area contributed by atoms with Gasteiger partial charge in [0.1, 0.15) is 12.4 Å². The lowest BCUT2D eigenvalue weighted by Gasteiger charge is -2.08. The molecule has 144 valence electrons. The lowest BCUT2D eigenvalue weighted by Crippen LogP contribution is -2.19. The third kappa shape index (κ3) is 3.64. The average Bonchev–Trinajstić information content (AvgIpc) is 3.32. The SMILES string of the molecule is CN(C)CCOc1cc(-c2ccncc2)c(-c2ccc3c(c2)CC/C3=N\O)o1. The highest BCUT2D eigenvalue weighted by Gasteiger charge is 2.21. The molecule has 0 unspecified atom stereocenters. The zero-order valence-corrected chi connectivity index (χ0v) is 16.1. The van der Waals surface area contributed by atoms with E-state index < -0.39 is 0 Å². The van der Waals surface area contributed by atoms with E-state index in [2.05, 4.69) is 21.1 Å². The van der Waals surface area contributed by atoms with Crippen LogP contribution in [0, 0.1) is 0 Å². The fraction of sp³-hybridized carbons (Fsp3) is 0.273. The van der Waals surface area contributed by atoms with Crippen LogP contribution in [0.4, 0.5) is 0 Å². The van der Waals surface area contributed by atoms with Gasteiger partial charge in [-0.25, -0.2) is 0 Å². The summed E-state index contributed by atoms with van der Waals surface area (Å²) in [6.07, 6.45) is 5.15. The Morgan fingerprint density at radius 3 is 2.64 bits per heavy atom. The minimum atomic E-state index is 0.502. The summed E-state index contributed by atoms with van der Waals surface area (Å²) in [6, 6.07) is 12.0. The van der Waals surface area contributed by atoms with E-state index in [0.29, 0.717) is 12.6 Å². The molecule has 6 heteroatoms. The van der Waals surface area contributed by atoms with Crippen molar-refractivity contribution in [1.29, 1.82) is 0 Å². The molecule has 0 fully saturated rings. The molecule has 6 nitrogen and oxygen atoms in total. The first kappa shape index (κ1) is 18.3. The summed E-state index contributed by atoms with van der Waals surface area (Å²) in [7, 11) is 4.02. The van der Waals surface area contributed by atoms with E-state index in [4.69, 9.17) is 14.4 Å². The molecule has 0 spiro atoms. The van der Waals surface area contributed by atoms with Crippen molar-refractivity contribution in [3.63, 3.8) is 0 Å². The Kier molecular flexibility index (Phi) is 5.12. The molecule has 4 rings (SSSR count). The average molecular weight is 377 g/mol. The van der Waals surface area contributed by atoms with E-state index >= 15 is 0 Å². The van der Waals surface area contributed by atoms with Gasteiger partial charge in [-0.2, -0.15) is 0 Å². The summed E-state index contributed by atoms with van der Waals surface area (Å²) in [6.45, 7) is 1.36. The summed E-state index contributed by atoms with van der Waals surface area (Å²) in [5.74, 6) is 1.27. The van der Waals surface area contributed by atoms with Crippen LogP contribution in [0.15, 0.2) is 58.4 Å². The highest BCUT2D eigenvalue weighted by molar-refractivity contribution is 6.04. The molecular formula is C22H23N3O3. The lowest BCUT2D eigenvalue weighted by atomic mass is 10.00. The number of furan rings is 1. The van der Waals surface area contributed by atoms with Crippen molar-refractivity contribution < 1.29 is 14.4 Å². The summed E-state index contributed by atoms with van der Waals surface area (Å²) in [5.41, 5.74) is 5.88. The van der Waals surface area contributed by atoms with E-state index in [1.165, 1.54) is 0 Å². The smallest absolute Gasteiger partial charge is 0.285 e. The van der Waals surface area contributed by atoms with Crippen molar-refractivity contribution in [3.8, 4) is 28.4 Å². The van der Waals surface area contributed by atoms with Crippen LogP contribution in [-0.4, -0.2) is 48.0 Å². The van der Waals surface area contributed by atoms with Crippen LogP contribution in [0.3, 0.4) is 0 Å². The predicted octanol–water partition coefficient (Wildman–Crippen LogP) is 4.07.